The predicted molar refractivity (Wildman–Crippen MR) is 43.5 cm³/mol. The van der Waals surface area contributed by atoms with E-state index in [1.807, 2.05) is 0 Å². The number of aromatic nitrogens is 2. The Morgan fingerprint density at radius 2 is 2.45 bits per heavy atom. The Balaban J connectivity index is 3.19. The van der Waals surface area contributed by atoms with Gasteiger partial charge >= 0.3 is 0 Å². The van der Waals surface area contributed by atoms with Gasteiger partial charge in [0.25, 0.3) is 5.56 Å². The first-order chi connectivity index (χ1) is 5.09. The minimum atomic E-state index is -0.328. The Morgan fingerprint density at radius 1 is 1.82 bits per heavy atom. The van der Waals surface area contributed by atoms with Crippen molar-refractivity contribution >= 4 is 17.4 Å². The zero-order chi connectivity index (χ0) is 8.43. The first-order valence-electron chi connectivity index (χ1n) is 3.10. The summed E-state index contributed by atoms with van der Waals surface area (Å²) in [6.45, 7) is 1.71. The largest absolute Gasteiger partial charge is 0.383 e. The van der Waals surface area contributed by atoms with Crippen LogP contribution in [0.4, 0.5) is 5.82 Å². The fraction of sp³-hybridized carbons (Fsp3) is 0.333. The number of nitrogens with zero attached hydrogens (tertiary/aromatic N) is 1. The average molecular weight is 174 g/mol. The van der Waals surface area contributed by atoms with Gasteiger partial charge in [0, 0.05) is 6.07 Å². The Hall–Kier alpha value is -1.03. The summed E-state index contributed by atoms with van der Waals surface area (Å²) in [6, 6.07) is 1.21. The molecule has 1 aromatic heterocycles. The van der Waals surface area contributed by atoms with Crippen molar-refractivity contribution in [2.75, 3.05) is 5.73 Å². The number of aromatic amines is 1. The van der Waals surface area contributed by atoms with Crippen LogP contribution in [0, 0.1) is 0 Å². The van der Waals surface area contributed by atoms with Crippen LogP contribution < -0.4 is 11.3 Å². The second kappa shape index (κ2) is 2.92. The number of hydrogen-bond acceptors (Lipinski definition) is 3. The van der Waals surface area contributed by atoms with Crippen molar-refractivity contribution in [3.63, 3.8) is 0 Å². The molecular formula is C6H8ClN3O. The van der Waals surface area contributed by atoms with Crippen molar-refractivity contribution in [1.82, 2.24) is 9.97 Å². The van der Waals surface area contributed by atoms with Gasteiger partial charge in [-0.05, 0) is 6.92 Å². The Labute approximate surface area is 68.4 Å². The van der Waals surface area contributed by atoms with Gasteiger partial charge in [-0.3, -0.25) is 4.79 Å². The highest BCUT2D eigenvalue weighted by molar-refractivity contribution is 6.20. The Kier molecular flexibility index (Phi) is 2.14. The summed E-state index contributed by atoms with van der Waals surface area (Å²) >= 11 is 5.66. The van der Waals surface area contributed by atoms with Gasteiger partial charge in [-0.15, -0.1) is 11.6 Å². The molecule has 60 valence electrons. The highest BCUT2D eigenvalue weighted by Crippen LogP contribution is 2.13. The molecule has 0 bridgehead atoms. The van der Waals surface area contributed by atoms with Crippen molar-refractivity contribution in [2.24, 2.45) is 0 Å². The topological polar surface area (TPSA) is 71.8 Å². The third-order valence-corrected chi connectivity index (χ3v) is 1.36. The Morgan fingerprint density at radius 3 is 2.91 bits per heavy atom. The fourth-order valence-corrected chi connectivity index (χ4v) is 0.788. The number of alkyl halides is 1. The maximum atomic E-state index is 10.8. The number of nitrogens with two attached hydrogens (primary N) is 1. The van der Waals surface area contributed by atoms with Gasteiger partial charge in [0.2, 0.25) is 0 Å². The van der Waals surface area contributed by atoms with Crippen LogP contribution in [0.5, 0.6) is 0 Å². The van der Waals surface area contributed by atoms with Crippen LogP contribution in [-0.4, -0.2) is 9.97 Å². The molecule has 1 aromatic rings. The first kappa shape index (κ1) is 8.07. The van der Waals surface area contributed by atoms with E-state index >= 15 is 0 Å². The second-order valence-electron chi connectivity index (χ2n) is 2.17. The van der Waals surface area contributed by atoms with Gasteiger partial charge in [0.15, 0.2) is 0 Å². The highest BCUT2D eigenvalue weighted by atomic mass is 35.5. The highest BCUT2D eigenvalue weighted by Gasteiger charge is 2.03. The van der Waals surface area contributed by atoms with Crippen LogP contribution >= 0.6 is 11.6 Å². The average Bonchev–Trinajstić information content (AvgIpc) is 1.85. The van der Waals surface area contributed by atoms with Crippen LogP contribution in [0.2, 0.25) is 0 Å². The van der Waals surface area contributed by atoms with Gasteiger partial charge in [-0.2, -0.15) is 0 Å². The molecule has 5 heteroatoms. The number of H-pyrrole nitrogens is 1. The molecule has 0 saturated carbocycles. The second-order valence-corrected chi connectivity index (χ2v) is 2.83. The van der Waals surface area contributed by atoms with Crippen molar-refractivity contribution in [1.29, 1.82) is 0 Å². The van der Waals surface area contributed by atoms with Gasteiger partial charge in [0.05, 0.1) is 5.38 Å². The molecule has 0 fully saturated rings. The minimum Gasteiger partial charge on any atom is -0.383 e. The smallest absolute Gasteiger partial charge is 0.253 e. The first-order valence-corrected chi connectivity index (χ1v) is 3.54. The van der Waals surface area contributed by atoms with E-state index in [0.29, 0.717) is 5.82 Å². The van der Waals surface area contributed by atoms with Crippen LogP contribution in [0.1, 0.15) is 18.1 Å². The molecule has 1 unspecified atom stereocenters. The van der Waals surface area contributed by atoms with Crippen molar-refractivity contribution in [3.05, 3.63) is 22.2 Å². The number of nitrogens with one attached hydrogen (secondary N) is 1. The molecular weight excluding hydrogens is 166 g/mol. The maximum Gasteiger partial charge on any atom is 0.253 e. The zero-order valence-corrected chi connectivity index (χ0v) is 6.72. The van der Waals surface area contributed by atoms with Crippen molar-refractivity contribution in [3.8, 4) is 0 Å². The van der Waals surface area contributed by atoms with E-state index in [4.69, 9.17) is 17.3 Å². The van der Waals surface area contributed by atoms with E-state index in [1.165, 1.54) is 6.07 Å². The number of rotatable bonds is 1. The molecule has 0 radical (unpaired) electrons. The van der Waals surface area contributed by atoms with E-state index in [1.54, 1.807) is 6.92 Å². The van der Waals surface area contributed by atoms with E-state index in [-0.39, 0.29) is 16.8 Å². The van der Waals surface area contributed by atoms with Gasteiger partial charge in [-0.1, -0.05) is 0 Å². The molecule has 11 heavy (non-hydrogen) atoms. The molecule has 3 N–H and O–H groups in total. The van der Waals surface area contributed by atoms with Gasteiger partial charge in [0.1, 0.15) is 11.6 Å². The van der Waals surface area contributed by atoms with Gasteiger partial charge in [-0.25, -0.2) is 4.98 Å². The molecule has 0 saturated heterocycles. The lowest BCUT2D eigenvalue weighted by atomic mass is 10.4. The van der Waals surface area contributed by atoms with Gasteiger partial charge < -0.3 is 10.7 Å². The number of nitrogen functional groups attached to an aromatic ring is 1. The van der Waals surface area contributed by atoms with Crippen molar-refractivity contribution < 1.29 is 0 Å². The summed E-state index contributed by atoms with van der Waals surface area (Å²) < 4.78 is 0. The summed E-state index contributed by atoms with van der Waals surface area (Å²) in [5.74, 6) is 0.591. The molecule has 1 heterocycles. The van der Waals surface area contributed by atoms with E-state index in [9.17, 15) is 4.79 Å². The molecule has 0 spiro atoms. The molecule has 4 nitrogen and oxygen atoms in total. The molecule has 1 rings (SSSR count). The summed E-state index contributed by atoms with van der Waals surface area (Å²) in [6.07, 6.45) is 0. The molecule has 0 aliphatic rings. The number of anilines is 1. The van der Waals surface area contributed by atoms with Crippen LogP contribution in [0.3, 0.4) is 0 Å². The summed E-state index contributed by atoms with van der Waals surface area (Å²) in [5.41, 5.74) is 5.03. The molecule has 0 aromatic carbocycles. The van der Waals surface area contributed by atoms with E-state index in [2.05, 4.69) is 9.97 Å². The lowest BCUT2D eigenvalue weighted by Gasteiger charge is -2.01. The number of halogens is 1. The zero-order valence-electron chi connectivity index (χ0n) is 5.97. The standard InChI is InChI=1S/C6H8ClN3O/c1-3(7)6-9-4(8)2-5(11)10-6/h2-3H,1H3,(H3,8,9,10,11). The summed E-state index contributed by atoms with van der Waals surface area (Å²) in [7, 11) is 0. The molecule has 1 atom stereocenters. The predicted octanol–water partition coefficient (Wildman–Crippen LogP) is 0.652. The fourth-order valence-electron chi connectivity index (χ4n) is 0.684. The summed E-state index contributed by atoms with van der Waals surface area (Å²) in [5, 5.41) is -0.328. The van der Waals surface area contributed by atoms with E-state index in [0.717, 1.165) is 0 Å². The molecule has 0 amide bonds. The lowest BCUT2D eigenvalue weighted by molar-refractivity contribution is 0.898. The molecule has 0 aliphatic carbocycles. The maximum absolute atomic E-state index is 10.8. The monoisotopic (exact) mass is 173 g/mol. The minimum absolute atomic E-state index is 0.191. The molecule has 0 aliphatic heterocycles. The third kappa shape index (κ3) is 1.94. The normalized spacial score (nSPS) is 12.9. The van der Waals surface area contributed by atoms with Crippen LogP contribution in [-0.2, 0) is 0 Å². The number of hydrogen-bond donors (Lipinski definition) is 2. The third-order valence-electron chi connectivity index (χ3n) is 1.16. The lowest BCUT2D eigenvalue weighted by Crippen LogP contribution is -2.12. The summed E-state index contributed by atoms with van der Waals surface area (Å²) in [4.78, 5) is 17.1. The van der Waals surface area contributed by atoms with Crippen molar-refractivity contribution in [2.45, 2.75) is 12.3 Å². The quantitative estimate of drug-likeness (QED) is 0.613. The SMILES string of the molecule is CC(Cl)c1nc(N)cc(=O)[nH]1. The van der Waals surface area contributed by atoms with Crippen LogP contribution in [0.15, 0.2) is 10.9 Å². The Bertz CT molecular complexity index is 307. The van der Waals surface area contributed by atoms with E-state index < -0.39 is 0 Å². The van der Waals surface area contributed by atoms with Crippen LogP contribution in [0.25, 0.3) is 0 Å².